The smallest absolute Gasteiger partial charge is 0.277 e. The lowest BCUT2D eigenvalue weighted by molar-refractivity contribution is 0.252. The van der Waals surface area contributed by atoms with Crippen molar-refractivity contribution in [3.8, 4) is 6.07 Å². The van der Waals surface area contributed by atoms with E-state index >= 15 is 0 Å². The van der Waals surface area contributed by atoms with Gasteiger partial charge in [-0.3, -0.25) is 5.43 Å². The van der Waals surface area contributed by atoms with Gasteiger partial charge in [-0.15, -0.1) is 11.3 Å². The number of halogens is 2. The molecule has 1 aromatic heterocycles. The number of para-hydroxylation sites is 1. The van der Waals surface area contributed by atoms with E-state index in [0.29, 0.717) is 27.4 Å². The zero-order chi connectivity index (χ0) is 16.9. The quantitative estimate of drug-likeness (QED) is 0.397. The third kappa shape index (κ3) is 3.88. The van der Waals surface area contributed by atoms with Gasteiger partial charge in [-0.05, 0) is 36.4 Å². The van der Waals surface area contributed by atoms with Crippen molar-refractivity contribution in [2.24, 2.45) is 5.10 Å². The van der Waals surface area contributed by atoms with Gasteiger partial charge >= 0.3 is 0 Å². The summed E-state index contributed by atoms with van der Waals surface area (Å²) >= 11 is 1.86. The van der Waals surface area contributed by atoms with E-state index in [2.05, 4.69) is 15.5 Å². The number of nitrogens with one attached hydrogen (secondary N) is 1. The highest BCUT2D eigenvalue weighted by atomic mass is 32.2. The Morgan fingerprint density at radius 1 is 1.21 bits per heavy atom. The average molecular weight is 360 g/mol. The van der Waals surface area contributed by atoms with Crippen LogP contribution >= 0.6 is 23.1 Å². The van der Waals surface area contributed by atoms with Crippen molar-refractivity contribution in [3.63, 3.8) is 0 Å². The van der Waals surface area contributed by atoms with Crippen LogP contribution in [0.5, 0.6) is 0 Å². The van der Waals surface area contributed by atoms with Crippen molar-refractivity contribution in [3.05, 3.63) is 53.5 Å². The topological polar surface area (TPSA) is 61.1 Å². The first kappa shape index (κ1) is 16.4. The lowest BCUT2D eigenvalue weighted by Gasteiger charge is -2.03. The Kier molecular flexibility index (Phi) is 5.03. The van der Waals surface area contributed by atoms with Crippen molar-refractivity contribution < 1.29 is 8.78 Å². The second-order valence-corrected chi connectivity index (χ2v) is 6.67. The van der Waals surface area contributed by atoms with Crippen LogP contribution in [0.1, 0.15) is 5.01 Å². The zero-order valence-corrected chi connectivity index (χ0v) is 13.7. The normalized spacial score (nSPS) is 11.7. The molecule has 24 heavy (non-hydrogen) atoms. The highest BCUT2D eigenvalue weighted by Crippen LogP contribution is 2.26. The first-order chi connectivity index (χ1) is 11.7. The van der Waals surface area contributed by atoms with Crippen LogP contribution in [0, 0.1) is 11.3 Å². The zero-order valence-electron chi connectivity index (χ0n) is 12.1. The number of benzene rings is 2. The number of rotatable bonds is 5. The largest absolute Gasteiger partial charge is 0.288 e. The van der Waals surface area contributed by atoms with Gasteiger partial charge in [-0.2, -0.15) is 19.1 Å². The highest BCUT2D eigenvalue weighted by molar-refractivity contribution is 7.99. The standard InChI is InChI=1S/C16H10F2N4S2/c17-16(18)23-11-7-5-10(6-8-11)21-22-13(9-19)15-20-12-3-1-2-4-14(12)24-15/h1-8,16,21H/b22-13+. The summed E-state index contributed by atoms with van der Waals surface area (Å²) in [6.45, 7) is 0. The Hall–Kier alpha value is -2.50. The number of nitrogens with zero attached hydrogens (tertiary/aromatic N) is 3. The number of thioether (sulfide) groups is 1. The minimum absolute atomic E-state index is 0.169. The van der Waals surface area contributed by atoms with E-state index in [4.69, 9.17) is 0 Å². The number of hydrogen-bond donors (Lipinski definition) is 1. The molecule has 0 atom stereocenters. The SMILES string of the molecule is N#C/C(=N\Nc1ccc(SC(F)F)cc1)c1nc2ccccc2s1. The molecule has 0 bridgehead atoms. The Morgan fingerprint density at radius 3 is 2.62 bits per heavy atom. The van der Waals surface area contributed by atoms with Crippen molar-refractivity contribution in [1.29, 1.82) is 5.26 Å². The predicted molar refractivity (Wildman–Crippen MR) is 93.7 cm³/mol. The van der Waals surface area contributed by atoms with Crippen LogP contribution in [0.2, 0.25) is 0 Å². The fourth-order valence-electron chi connectivity index (χ4n) is 1.93. The Morgan fingerprint density at radius 2 is 1.96 bits per heavy atom. The number of fused-ring (bicyclic) bond motifs is 1. The molecule has 1 heterocycles. The summed E-state index contributed by atoms with van der Waals surface area (Å²) < 4.78 is 25.5. The molecule has 3 rings (SSSR count). The van der Waals surface area contributed by atoms with Gasteiger partial charge in [0, 0.05) is 4.90 Å². The number of alkyl halides is 2. The minimum Gasteiger partial charge on any atom is -0.277 e. The molecule has 8 heteroatoms. The summed E-state index contributed by atoms with van der Waals surface area (Å²) in [5.41, 5.74) is 4.34. The van der Waals surface area contributed by atoms with E-state index in [0.717, 1.165) is 10.2 Å². The molecule has 0 radical (unpaired) electrons. The molecule has 1 N–H and O–H groups in total. The van der Waals surface area contributed by atoms with Crippen molar-refractivity contribution >= 4 is 44.7 Å². The van der Waals surface area contributed by atoms with Gasteiger partial charge in [0.1, 0.15) is 6.07 Å². The van der Waals surface area contributed by atoms with Gasteiger partial charge in [0.05, 0.1) is 15.9 Å². The molecule has 120 valence electrons. The molecule has 0 saturated carbocycles. The van der Waals surface area contributed by atoms with Crippen LogP contribution in [-0.2, 0) is 0 Å². The maximum Gasteiger partial charge on any atom is 0.288 e. The Balaban J connectivity index is 1.77. The van der Waals surface area contributed by atoms with Gasteiger partial charge in [0.2, 0.25) is 0 Å². The number of anilines is 1. The lowest BCUT2D eigenvalue weighted by Crippen LogP contribution is -2.01. The summed E-state index contributed by atoms with van der Waals surface area (Å²) in [4.78, 5) is 4.85. The molecule has 0 aliphatic carbocycles. The third-order valence-electron chi connectivity index (χ3n) is 2.98. The molecule has 0 saturated heterocycles. The second kappa shape index (κ2) is 7.38. The number of nitriles is 1. The Bertz CT molecular complexity index is 881. The molecule has 0 spiro atoms. The maximum atomic E-state index is 12.3. The van der Waals surface area contributed by atoms with Crippen LogP contribution in [0.25, 0.3) is 10.2 Å². The second-order valence-electron chi connectivity index (χ2n) is 4.57. The molecule has 0 aliphatic heterocycles. The molecule has 0 unspecified atom stereocenters. The van der Waals surface area contributed by atoms with Gasteiger partial charge in [-0.1, -0.05) is 23.9 Å². The van der Waals surface area contributed by atoms with Crippen LogP contribution in [-0.4, -0.2) is 16.5 Å². The van der Waals surface area contributed by atoms with Crippen molar-refractivity contribution in [2.75, 3.05) is 5.43 Å². The fraction of sp³-hybridized carbons (Fsp3) is 0.0625. The molecule has 3 aromatic rings. The average Bonchev–Trinajstić information content (AvgIpc) is 3.00. The summed E-state index contributed by atoms with van der Waals surface area (Å²) in [6.07, 6.45) is 0. The van der Waals surface area contributed by atoms with Gasteiger partial charge in [0.15, 0.2) is 10.7 Å². The number of hydrogen-bond acceptors (Lipinski definition) is 6. The number of aromatic nitrogens is 1. The van der Waals surface area contributed by atoms with Gasteiger partial charge < -0.3 is 0 Å². The van der Waals surface area contributed by atoms with Crippen LogP contribution < -0.4 is 5.43 Å². The van der Waals surface area contributed by atoms with E-state index in [-0.39, 0.29) is 5.71 Å². The summed E-state index contributed by atoms with van der Waals surface area (Å²) in [7, 11) is 0. The summed E-state index contributed by atoms with van der Waals surface area (Å²) in [6, 6.07) is 16.0. The highest BCUT2D eigenvalue weighted by Gasteiger charge is 2.10. The molecular weight excluding hydrogens is 350 g/mol. The third-order valence-corrected chi connectivity index (χ3v) is 4.74. The molecule has 4 nitrogen and oxygen atoms in total. The maximum absolute atomic E-state index is 12.3. The van der Waals surface area contributed by atoms with E-state index in [9.17, 15) is 14.0 Å². The first-order valence-corrected chi connectivity index (χ1v) is 8.50. The number of thiazole rings is 1. The molecule has 2 aromatic carbocycles. The van der Waals surface area contributed by atoms with Crippen LogP contribution in [0.4, 0.5) is 14.5 Å². The van der Waals surface area contributed by atoms with E-state index in [1.54, 1.807) is 24.3 Å². The van der Waals surface area contributed by atoms with Crippen molar-refractivity contribution in [2.45, 2.75) is 10.7 Å². The molecular formula is C16H10F2N4S2. The summed E-state index contributed by atoms with van der Waals surface area (Å²) in [5.74, 6) is -2.45. The lowest BCUT2D eigenvalue weighted by atomic mass is 10.3. The number of hydrazone groups is 1. The summed E-state index contributed by atoms with van der Waals surface area (Å²) in [5, 5.41) is 13.9. The molecule has 0 amide bonds. The minimum atomic E-state index is -2.45. The molecule has 0 aliphatic rings. The first-order valence-electron chi connectivity index (χ1n) is 6.80. The van der Waals surface area contributed by atoms with Crippen LogP contribution in [0.15, 0.2) is 58.5 Å². The molecule has 0 fully saturated rings. The fourth-order valence-corrected chi connectivity index (χ4v) is 3.33. The van der Waals surface area contributed by atoms with E-state index in [1.807, 2.05) is 30.3 Å². The van der Waals surface area contributed by atoms with E-state index in [1.165, 1.54) is 11.3 Å². The monoisotopic (exact) mass is 360 g/mol. The van der Waals surface area contributed by atoms with E-state index < -0.39 is 5.76 Å². The van der Waals surface area contributed by atoms with Gasteiger partial charge in [-0.25, -0.2) is 4.98 Å². The predicted octanol–water partition coefficient (Wildman–Crippen LogP) is 4.95. The van der Waals surface area contributed by atoms with Crippen LogP contribution in [0.3, 0.4) is 0 Å². The Labute approximate surface area is 144 Å². The van der Waals surface area contributed by atoms with Crippen molar-refractivity contribution in [1.82, 2.24) is 4.98 Å². The van der Waals surface area contributed by atoms with Gasteiger partial charge in [0.25, 0.3) is 5.76 Å².